The highest BCUT2D eigenvalue weighted by Crippen LogP contribution is 2.29. The van der Waals surface area contributed by atoms with Crippen molar-refractivity contribution in [3.05, 3.63) is 52.3 Å². The van der Waals surface area contributed by atoms with Crippen LogP contribution in [-0.2, 0) is 20.0 Å². The number of nitrogens with two attached hydrogens (primary N) is 1. The third-order valence-electron chi connectivity index (χ3n) is 4.08. The first-order valence-electron chi connectivity index (χ1n) is 7.27. The molecule has 0 atom stereocenters. The zero-order chi connectivity index (χ0) is 19.2. The van der Waals surface area contributed by atoms with Gasteiger partial charge in [-0.1, -0.05) is 6.07 Å². The average molecular weight is 386 g/mol. The molecule has 3 N–H and O–H groups in total. The predicted molar refractivity (Wildman–Crippen MR) is 94.0 cm³/mol. The van der Waals surface area contributed by atoms with Crippen LogP contribution in [0.25, 0.3) is 0 Å². The minimum atomic E-state index is -4.08. The quantitative estimate of drug-likeness (QED) is 0.842. The Kier molecular flexibility index (Phi) is 4.95. The van der Waals surface area contributed by atoms with Crippen LogP contribution in [0.1, 0.15) is 22.3 Å². The van der Waals surface area contributed by atoms with E-state index in [9.17, 15) is 21.2 Å². The van der Waals surface area contributed by atoms with E-state index in [-0.39, 0.29) is 10.6 Å². The Hall–Kier alpha value is -1.97. The molecule has 2 aromatic rings. The number of hydrogen-bond acceptors (Lipinski definition) is 4. The Bertz CT molecular complexity index is 1040. The van der Waals surface area contributed by atoms with E-state index in [0.717, 1.165) is 23.3 Å². The van der Waals surface area contributed by atoms with Gasteiger partial charge in [-0.3, -0.25) is 4.72 Å². The predicted octanol–water partition coefficient (Wildman–Crippen LogP) is 2.51. The van der Waals surface area contributed by atoms with Crippen molar-refractivity contribution in [2.24, 2.45) is 5.14 Å². The van der Waals surface area contributed by atoms with Gasteiger partial charge in [0.1, 0.15) is 5.82 Å². The summed E-state index contributed by atoms with van der Waals surface area (Å²) in [4.78, 5) is -0.355. The monoisotopic (exact) mass is 386 g/mol. The lowest BCUT2D eigenvalue weighted by Crippen LogP contribution is -2.18. The van der Waals surface area contributed by atoms with E-state index in [0.29, 0.717) is 17.2 Å². The number of sulfonamides is 2. The molecule has 0 aliphatic rings. The minimum absolute atomic E-state index is 0.0833. The van der Waals surface area contributed by atoms with Gasteiger partial charge in [0.15, 0.2) is 0 Å². The molecule has 0 amide bonds. The van der Waals surface area contributed by atoms with Gasteiger partial charge in [-0.2, -0.15) is 0 Å². The van der Waals surface area contributed by atoms with Crippen molar-refractivity contribution in [3.63, 3.8) is 0 Å². The van der Waals surface area contributed by atoms with Gasteiger partial charge >= 0.3 is 0 Å². The summed E-state index contributed by atoms with van der Waals surface area (Å²) in [5.74, 6) is -1.03. The van der Waals surface area contributed by atoms with Gasteiger partial charge < -0.3 is 0 Å². The van der Waals surface area contributed by atoms with Crippen LogP contribution in [0.5, 0.6) is 0 Å². The highest BCUT2D eigenvalue weighted by atomic mass is 32.2. The molecular weight excluding hydrogens is 367 g/mol. The van der Waals surface area contributed by atoms with Gasteiger partial charge in [0.25, 0.3) is 10.0 Å². The number of nitrogens with one attached hydrogen (secondary N) is 1. The molecule has 0 aliphatic heterocycles. The molecule has 9 heteroatoms. The van der Waals surface area contributed by atoms with Crippen molar-refractivity contribution in [3.8, 4) is 0 Å². The lowest BCUT2D eigenvalue weighted by Gasteiger charge is -2.17. The minimum Gasteiger partial charge on any atom is -0.277 e. The summed E-state index contributed by atoms with van der Waals surface area (Å²) < 4.78 is 64.3. The summed E-state index contributed by atoms with van der Waals surface area (Å²) in [5.41, 5.74) is 2.38. The fourth-order valence-electron chi connectivity index (χ4n) is 2.54. The summed E-state index contributed by atoms with van der Waals surface area (Å²) in [7, 11) is -8.14. The molecule has 0 aromatic heterocycles. The van der Waals surface area contributed by atoms with Crippen LogP contribution in [0.3, 0.4) is 0 Å². The molecule has 0 heterocycles. The van der Waals surface area contributed by atoms with Gasteiger partial charge in [-0.25, -0.2) is 26.4 Å². The Labute approximate surface area is 147 Å². The van der Waals surface area contributed by atoms with Gasteiger partial charge in [0, 0.05) is 0 Å². The van der Waals surface area contributed by atoms with Crippen LogP contribution < -0.4 is 9.86 Å². The molecule has 0 radical (unpaired) electrons. The Morgan fingerprint density at radius 3 is 1.88 bits per heavy atom. The lowest BCUT2D eigenvalue weighted by molar-refractivity contribution is 0.592. The fourth-order valence-corrected chi connectivity index (χ4v) is 4.75. The second kappa shape index (κ2) is 6.40. The van der Waals surface area contributed by atoms with Crippen LogP contribution in [0.4, 0.5) is 10.1 Å². The molecule has 136 valence electrons. The molecule has 0 saturated heterocycles. The first-order chi connectivity index (χ1) is 11.3. The van der Waals surface area contributed by atoms with Crippen molar-refractivity contribution in [2.45, 2.75) is 37.5 Å². The number of benzene rings is 2. The standard InChI is InChI=1S/C16H19FN2O4S2/c1-9-7-10(2)12(4)16(11(9)3)25(22,23)19-15-6-5-13(8-14(15)17)24(18,20)21/h5-8,19H,1-4H3,(H2,18,20,21). The first-order valence-corrected chi connectivity index (χ1v) is 10.3. The summed E-state index contributed by atoms with van der Waals surface area (Å²) in [6, 6.07) is 4.62. The molecular formula is C16H19FN2O4S2. The molecule has 0 unspecified atom stereocenters. The maximum Gasteiger partial charge on any atom is 0.262 e. The molecule has 25 heavy (non-hydrogen) atoms. The summed E-state index contributed by atoms with van der Waals surface area (Å²) in [6.45, 7) is 6.94. The zero-order valence-corrected chi connectivity index (χ0v) is 15.8. The molecule has 0 aliphatic carbocycles. The second-order valence-electron chi connectivity index (χ2n) is 5.88. The average Bonchev–Trinajstić information content (AvgIpc) is 2.46. The van der Waals surface area contributed by atoms with Crippen molar-refractivity contribution in [1.82, 2.24) is 0 Å². The summed E-state index contributed by atoms with van der Waals surface area (Å²) in [5, 5.41) is 4.93. The molecule has 2 aromatic carbocycles. The van der Waals surface area contributed by atoms with E-state index >= 15 is 0 Å². The van der Waals surface area contributed by atoms with Gasteiger partial charge in [0.2, 0.25) is 10.0 Å². The SMILES string of the molecule is Cc1cc(C)c(C)c(S(=O)(=O)Nc2ccc(S(N)(=O)=O)cc2F)c1C. The first kappa shape index (κ1) is 19.4. The molecule has 0 spiro atoms. The maximum atomic E-state index is 14.1. The highest BCUT2D eigenvalue weighted by Gasteiger charge is 2.23. The second-order valence-corrected chi connectivity index (χ2v) is 9.06. The molecule has 0 saturated carbocycles. The van der Waals surface area contributed by atoms with Crippen LogP contribution in [0.2, 0.25) is 0 Å². The molecule has 0 bridgehead atoms. The fraction of sp³-hybridized carbons (Fsp3) is 0.250. The van der Waals surface area contributed by atoms with Crippen LogP contribution in [0, 0.1) is 33.5 Å². The largest absolute Gasteiger partial charge is 0.277 e. The Morgan fingerprint density at radius 2 is 1.44 bits per heavy atom. The topological polar surface area (TPSA) is 106 Å². The normalized spacial score (nSPS) is 12.2. The summed E-state index contributed by atoms with van der Waals surface area (Å²) >= 11 is 0. The van der Waals surface area contributed by atoms with Crippen molar-refractivity contribution < 1.29 is 21.2 Å². The van der Waals surface area contributed by atoms with Crippen LogP contribution in [0.15, 0.2) is 34.1 Å². The molecule has 0 fully saturated rings. The van der Waals surface area contributed by atoms with Crippen molar-refractivity contribution in [1.29, 1.82) is 0 Å². The smallest absolute Gasteiger partial charge is 0.262 e. The number of halogens is 1. The maximum absolute atomic E-state index is 14.1. The van der Waals surface area contributed by atoms with E-state index in [1.807, 2.05) is 6.07 Å². The number of rotatable bonds is 4. The van der Waals surface area contributed by atoms with Gasteiger partial charge in [0.05, 0.1) is 15.5 Å². The van der Waals surface area contributed by atoms with Crippen LogP contribution in [-0.4, -0.2) is 16.8 Å². The van der Waals surface area contributed by atoms with Crippen molar-refractivity contribution >= 4 is 25.7 Å². The molecule has 2 rings (SSSR count). The lowest BCUT2D eigenvalue weighted by atomic mass is 10.0. The number of primary sulfonamides is 1. The van der Waals surface area contributed by atoms with E-state index in [1.165, 1.54) is 0 Å². The van der Waals surface area contributed by atoms with E-state index in [1.54, 1.807) is 27.7 Å². The Balaban J connectivity index is 2.55. The van der Waals surface area contributed by atoms with Crippen molar-refractivity contribution in [2.75, 3.05) is 4.72 Å². The van der Waals surface area contributed by atoms with E-state index in [4.69, 9.17) is 5.14 Å². The number of anilines is 1. The number of hydrogen-bond donors (Lipinski definition) is 2. The van der Waals surface area contributed by atoms with Crippen LogP contribution >= 0.6 is 0 Å². The van der Waals surface area contributed by atoms with E-state index in [2.05, 4.69) is 4.72 Å². The highest BCUT2D eigenvalue weighted by molar-refractivity contribution is 7.92. The zero-order valence-electron chi connectivity index (χ0n) is 14.2. The summed E-state index contributed by atoms with van der Waals surface area (Å²) in [6.07, 6.45) is 0. The third-order valence-corrected chi connectivity index (χ3v) is 6.63. The third kappa shape index (κ3) is 3.83. The number of aryl methyl sites for hydroxylation is 2. The van der Waals surface area contributed by atoms with E-state index < -0.39 is 30.8 Å². The Morgan fingerprint density at radius 1 is 0.920 bits per heavy atom. The molecule has 6 nitrogen and oxygen atoms in total. The van der Waals surface area contributed by atoms with Gasteiger partial charge in [-0.15, -0.1) is 0 Å². The van der Waals surface area contributed by atoms with Gasteiger partial charge in [-0.05, 0) is 68.1 Å².